The third-order valence-corrected chi connectivity index (χ3v) is 12.9. The predicted octanol–water partition coefficient (Wildman–Crippen LogP) is 11.4. The van der Waals surface area contributed by atoms with Crippen molar-refractivity contribution in [2.24, 2.45) is 0 Å². The highest BCUT2D eigenvalue weighted by Gasteiger charge is 2.44. The SMILES string of the molecule is CCCCCCCCCCCC/C=C(\C)CCCCCCCCCCC/C=C/[C@@H](O)[C@@H](CO[C@@H]1O[C@H](CO)[C@@H](O)[C@H](O)[C@H]1O)NC(=O)[C@@H](O)/C=C/CCCCCCCCCCCCC. The van der Waals surface area contributed by atoms with Crippen molar-refractivity contribution >= 4 is 5.91 Å². The number of allylic oxidation sites excluding steroid dienone is 4. The van der Waals surface area contributed by atoms with E-state index in [9.17, 15) is 35.4 Å². The fourth-order valence-corrected chi connectivity index (χ4v) is 8.49. The molecule has 1 aliphatic rings. The summed E-state index contributed by atoms with van der Waals surface area (Å²) >= 11 is 0. The van der Waals surface area contributed by atoms with Gasteiger partial charge in [0.25, 0.3) is 5.91 Å². The van der Waals surface area contributed by atoms with Gasteiger partial charge in [-0.05, 0) is 58.3 Å². The van der Waals surface area contributed by atoms with Crippen LogP contribution in [-0.4, -0.2) is 98.7 Å². The highest BCUT2D eigenvalue weighted by atomic mass is 16.7. The lowest BCUT2D eigenvalue weighted by molar-refractivity contribution is -0.302. The van der Waals surface area contributed by atoms with E-state index >= 15 is 0 Å². The van der Waals surface area contributed by atoms with Gasteiger partial charge < -0.3 is 45.4 Å². The Morgan fingerprint density at radius 2 is 1.00 bits per heavy atom. The molecule has 0 spiro atoms. The Morgan fingerprint density at radius 1 is 0.578 bits per heavy atom. The van der Waals surface area contributed by atoms with E-state index in [1.807, 2.05) is 12.2 Å². The molecule has 0 aliphatic carbocycles. The number of hydrogen-bond acceptors (Lipinski definition) is 9. The molecule has 1 heterocycles. The third-order valence-electron chi connectivity index (χ3n) is 12.9. The molecule has 10 heteroatoms. The molecule has 0 saturated carbocycles. The topological polar surface area (TPSA) is 169 Å². The quantitative estimate of drug-likeness (QED) is 0.0232. The van der Waals surface area contributed by atoms with Gasteiger partial charge in [0.2, 0.25) is 0 Å². The lowest BCUT2D eigenvalue weighted by Crippen LogP contribution is -2.60. The maximum atomic E-state index is 13.0. The number of unbranched alkanes of at least 4 members (excludes halogenated alkanes) is 30. The first kappa shape index (κ1) is 60.4. The van der Waals surface area contributed by atoms with Crippen LogP contribution in [0.2, 0.25) is 0 Å². The molecule has 0 aromatic carbocycles. The number of ether oxygens (including phenoxy) is 2. The second kappa shape index (κ2) is 42.7. The molecular weight excluding hydrogens is 807 g/mol. The van der Waals surface area contributed by atoms with Crippen LogP contribution in [0.5, 0.6) is 0 Å². The van der Waals surface area contributed by atoms with Crippen LogP contribution in [0.3, 0.4) is 0 Å². The molecule has 0 aromatic heterocycles. The minimum atomic E-state index is -1.62. The monoisotopic (exact) mass is 908 g/mol. The Labute approximate surface area is 392 Å². The Morgan fingerprint density at radius 3 is 1.47 bits per heavy atom. The molecule has 0 radical (unpaired) electrons. The number of rotatable bonds is 44. The van der Waals surface area contributed by atoms with E-state index in [0.29, 0.717) is 0 Å². The number of aliphatic hydroxyl groups excluding tert-OH is 6. The summed E-state index contributed by atoms with van der Waals surface area (Å²) in [6.07, 6.45) is 41.9. The first-order valence-corrected chi connectivity index (χ1v) is 26.7. The molecule has 0 unspecified atom stereocenters. The number of hydrogen-bond donors (Lipinski definition) is 7. The van der Waals surface area contributed by atoms with Crippen molar-refractivity contribution in [1.82, 2.24) is 5.32 Å². The average Bonchev–Trinajstić information content (AvgIpc) is 3.29. The van der Waals surface area contributed by atoms with Crippen LogP contribution in [0.25, 0.3) is 0 Å². The molecular formula is C54H101NO9. The zero-order valence-corrected chi connectivity index (χ0v) is 41.4. The summed E-state index contributed by atoms with van der Waals surface area (Å²) in [7, 11) is 0. The van der Waals surface area contributed by atoms with Gasteiger partial charge in [0.15, 0.2) is 12.4 Å². The lowest BCUT2D eigenvalue weighted by atomic mass is 9.99. The van der Waals surface area contributed by atoms with E-state index in [4.69, 9.17) is 9.47 Å². The van der Waals surface area contributed by atoms with E-state index in [2.05, 4.69) is 32.2 Å². The highest BCUT2D eigenvalue weighted by molar-refractivity contribution is 5.82. The van der Waals surface area contributed by atoms with E-state index in [1.165, 1.54) is 186 Å². The van der Waals surface area contributed by atoms with E-state index in [1.54, 1.807) is 11.6 Å². The summed E-state index contributed by atoms with van der Waals surface area (Å²) in [5.74, 6) is -0.702. The molecule has 0 bridgehead atoms. The van der Waals surface area contributed by atoms with Crippen molar-refractivity contribution in [3.05, 3.63) is 36.0 Å². The van der Waals surface area contributed by atoms with Gasteiger partial charge in [0.1, 0.15) is 24.4 Å². The molecule has 8 atom stereocenters. The van der Waals surface area contributed by atoms with Crippen molar-refractivity contribution < 1.29 is 44.9 Å². The third kappa shape index (κ3) is 32.1. The van der Waals surface area contributed by atoms with Crippen LogP contribution in [0.15, 0.2) is 36.0 Å². The number of amides is 1. The largest absolute Gasteiger partial charge is 0.394 e. The molecule has 1 rings (SSSR count). The second-order valence-corrected chi connectivity index (χ2v) is 19.0. The molecule has 1 fully saturated rings. The number of carbonyl (C=O) groups excluding carboxylic acids is 1. The summed E-state index contributed by atoms with van der Waals surface area (Å²) in [6.45, 7) is 5.89. The average molecular weight is 908 g/mol. The number of carbonyl (C=O) groups is 1. The predicted molar refractivity (Wildman–Crippen MR) is 264 cm³/mol. The Bertz CT molecular complexity index is 1150. The van der Waals surface area contributed by atoms with Crippen molar-refractivity contribution in [1.29, 1.82) is 0 Å². The second-order valence-electron chi connectivity index (χ2n) is 19.0. The highest BCUT2D eigenvalue weighted by Crippen LogP contribution is 2.23. The maximum Gasteiger partial charge on any atom is 0.253 e. The minimum Gasteiger partial charge on any atom is -0.394 e. The Hall–Kier alpha value is -1.63. The van der Waals surface area contributed by atoms with Crippen molar-refractivity contribution in [3.63, 3.8) is 0 Å². The van der Waals surface area contributed by atoms with Crippen LogP contribution >= 0.6 is 0 Å². The van der Waals surface area contributed by atoms with Crippen LogP contribution in [-0.2, 0) is 14.3 Å². The molecule has 64 heavy (non-hydrogen) atoms. The van der Waals surface area contributed by atoms with Gasteiger partial charge in [-0.15, -0.1) is 0 Å². The summed E-state index contributed by atoms with van der Waals surface area (Å²) in [5.41, 5.74) is 1.56. The first-order valence-electron chi connectivity index (χ1n) is 26.7. The normalized spacial score (nSPS) is 21.0. The maximum absolute atomic E-state index is 13.0. The first-order chi connectivity index (χ1) is 31.2. The van der Waals surface area contributed by atoms with Crippen molar-refractivity contribution in [2.75, 3.05) is 13.2 Å². The Balaban J connectivity index is 2.36. The van der Waals surface area contributed by atoms with Crippen LogP contribution in [0.4, 0.5) is 0 Å². The zero-order valence-electron chi connectivity index (χ0n) is 41.4. The summed E-state index contributed by atoms with van der Waals surface area (Å²) in [6, 6.07) is -1.01. The summed E-state index contributed by atoms with van der Waals surface area (Å²) < 4.78 is 11.1. The molecule has 0 aromatic rings. The van der Waals surface area contributed by atoms with Crippen LogP contribution < -0.4 is 5.32 Å². The van der Waals surface area contributed by atoms with Crippen molar-refractivity contribution in [2.45, 2.75) is 288 Å². The molecule has 10 nitrogen and oxygen atoms in total. The van der Waals surface area contributed by atoms with Gasteiger partial charge in [-0.1, -0.05) is 217 Å². The lowest BCUT2D eigenvalue weighted by Gasteiger charge is -2.40. The standard InChI is InChI=1S/C54H101NO9/c1-4-6-8-10-12-14-16-17-21-26-30-34-38-42-48(58)53(62)55-46(44-63-54-52(61)51(60)50(59)49(43-56)64-54)47(57)41-37-33-29-25-22-18-20-24-28-32-36-40-45(3)39-35-31-27-23-19-15-13-11-9-7-5-2/h37-39,41-42,46-52,54,56-61H,4-36,40,43-44H2,1-3H3,(H,55,62)/b41-37+,42-38+,45-39+/t46-,47-,48+,49-,50-,51+,52-,54-/m1/s1. The van der Waals surface area contributed by atoms with Gasteiger partial charge in [-0.2, -0.15) is 0 Å². The molecule has 7 N–H and O–H groups in total. The molecule has 376 valence electrons. The minimum absolute atomic E-state index is 0.329. The van der Waals surface area contributed by atoms with Gasteiger partial charge >= 0.3 is 0 Å². The fraction of sp³-hybridized carbons (Fsp3) is 0.870. The van der Waals surface area contributed by atoms with Gasteiger partial charge in [0, 0.05) is 0 Å². The van der Waals surface area contributed by atoms with E-state index in [0.717, 1.165) is 38.5 Å². The van der Waals surface area contributed by atoms with E-state index in [-0.39, 0.29) is 6.61 Å². The van der Waals surface area contributed by atoms with Gasteiger partial charge in [-0.25, -0.2) is 0 Å². The van der Waals surface area contributed by atoms with Crippen molar-refractivity contribution in [3.8, 4) is 0 Å². The van der Waals surface area contributed by atoms with Gasteiger partial charge in [-0.3, -0.25) is 4.79 Å². The fourth-order valence-electron chi connectivity index (χ4n) is 8.49. The number of aliphatic hydroxyl groups is 6. The van der Waals surface area contributed by atoms with Crippen LogP contribution in [0, 0.1) is 0 Å². The molecule has 1 aliphatic heterocycles. The zero-order chi connectivity index (χ0) is 46.9. The molecule has 1 amide bonds. The van der Waals surface area contributed by atoms with E-state index < -0.39 is 61.5 Å². The van der Waals surface area contributed by atoms with Crippen LogP contribution in [0.1, 0.15) is 239 Å². The number of nitrogens with one attached hydrogen (secondary N) is 1. The summed E-state index contributed by atoms with van der Waals surface area (Å²) in [4.78, 5) is 13.0. The smallest absolute Gasteiger partial charge is 0.253 e. The van der Waals surface area contributed by atoms with Gasteiger partial charge in [0.05, 0.1) is 25.4 Å². The summed E-state index contributed by atoms with van der Waals surface area (Å²) in [5, 5.41) is 64.7. The Kier molecular flexibility index (Phi) is 40.3. The molecule has 1 saturated heterocycles.